The number of unbranched alkanes of at least 4 members (excludes halogenated alkanes) is 8. The van der Waals surface area contributed by atoms with Crippen molar-refractivity contribution in [2.45, 2.75) is 191 Å². The zero-order chi connectivity index (χ0) is 58.5. The molecular formula is C44H98O28. The van der Waals surface area contributed by atoms with Crippen molar-refractivity contribution >= 4 is 23.9 Å². The van der Waals surface area contributed by atoms with Gasteiger partial charge in [0.1, 0.15) is 61.0 Å². The molecule has 24 N–H and O–H groups in total. The van der Waals surface area contributed by atoms with Crippen LogP contribution < -0.4 is 0 Å². The lowest BCUT2D eigenvalue weighted by Gasteiger charge is -2.10. The minimum absolute atomic E-state index is 0.327. The lowest BCUT2D eigenvalue weighted by Crippen LogP contribution is -2.31. The van der Waals surface area contributed by atoms with Gasteiger partial charge in [0.15, 0.2) is 0 Å². The molecule has 0 aromatic rings. The van der Waals surface area contributed by atoms with E-state index in [1.54, 1.807) is 0 Å². The number of aliphatic hydroxyl groups is 20. The topological polar surface area (TPSA) is 554 Å². The fourth-order valence-electron chi connectivity index (χ4n) is 3.32. The van der Waals surface area contributed by atoms with E-state index >= 15 is 0 Å². The number of aliphatic hydroxyl groups excluding tert-OH is 20. The highest BCUT2D eigenvalue weighted by atomic mass is 16.4. The molecule has 0 heterocycles. The lowest BCUT2D eigenvalue weighted by molar-refractivity contribution is -0.138. The first kappa shape index (κ1) is 88.7. The summed E-state index contributed by atoms with van der Waals surface area (Å²) in [5.41, 5.74) is 0. The van der Waals surface area contributed by atoms with Gasteiger partial charge < -0.3 is 123 Å². The summed E-state index contributed by atoms with van der Waals surface area (Å²) < 4.78 is 0. The van der Waals surface area contributed by atoms with Crippen LogP contribution in [0.5, 0.6) is 0 Å². The number of carboxylic acids is 4. The fraction of sp³-hybridized carbons (Fsp3) is 0.909. The van der Waals surface area contributed by atoms with E-state index in [2.05, 4.69) is 27.7 Å². The smallest absolute Gasteiger partial charge is 0.303 e. The molecule has 28 heteroatoms. The third-order valence-corrected chi connectivity index (χ3v) is 8.07. The first-order chi connectivity index (χ1) is 33.7. The number of hydrogen-bond donors (Lipinski definition) is 24. The van der Waals surface area contributed by atoms with Gasteiger partial charge in [0.05, 0.1) is 66.1 Å². The summed E-state index contributed by atoms with van der Waals surface area (Å²) in [6.07, 6.45) is 0.886. The van der Waals surface area contributed by atoms with Crippen molar-refractivity contribution in [3.63, 3.8) is 0 Å². The van der Waals surface area contributed by atoms with Gasteiger partial charge in [-0.25, -0.2) is 0 Å². The Morgan fingerprint density at radius 1 is 0.236 bits per heavy atom. The van der Waals surface area contributed by atoms with Gasteiger partial charge in [0.25, 0.3) is 0 Å². The van der Waals surface area contributed by atoms with Crippen LogP contribution in [0.15, 0.2) is 0 Å². The molecule has 0 amide bonds. The highest BCUT2D eigenvalue weighted by Crippen LogP contribution is 2.00. The van der Waals surface area contributed by atoms with Gasteiger partial charge in [0, 0.05) is 25.7 Å². The number of hydrogen-bond acceptors (Lipinski definition) is 24. The van der Waals surface area contributed by atoms with Gasteiger partial charge in [-0.3, -0.25) is 19.2 Å². The van der Waals surface area contributed by atoms with E-state index in [-0.39, 0.29) is 0 Å². The molecule has 0 radical (unpaired) electrons. The molecule has 10 atom stereocenters. The van der Waals surface area contributed by atoms with E-state index in [1.807, 2.05) is 0 Å². The number of aliphatic carboxylic acids is 4. The zero-order valence-electron chi connectivity index (χ0n) is 42.5. The molecule has 0 aliphatic carbocycles. The maximum absolute atomic E-state index is 9.87. The van der Waals surface area contributed by atoms with E-state index in [0.29, 0.717) is 25.7 Å². The number of carbonyl (C=O) groups is 4. The predicted octanol–water partition coefficient (Wildman–Crippen LogP) is -4.93. The Labute approximate surface area is 422 Å². The molecule has 0 aromatic carbocycles. The predicted molar refractivity (Wildman–Crippen MR) is 258 cm³/mol. The molecular weight excluding hydrogens is 976 g/mol. The Morgan fingerprint density at radius 2 is 0.333 bits per heavy atom. The second-order valence-corrected chi connectivity index (χ2v) is 14.9. The number of rotatable bonds is 31. The lowest BCUT2D eigenvalue weighted by atomic mass is 10.2. The Morgan fingerprint density at radius 3 is 0.389 bits per heavy atom. The van der Waals surface area contributed by atoms with Crippen molar-refractivity contribution in [1.29, 1.82) is 0 Å². The standard InChI is InChI=1S/4C6H12O2.5C4H10O4/c4*1-2-3-4-5-6(7)8;5*5-1-3(7)4(8)2-6/h4*2-5H2,1H3,(H,7,8);5*3-8H,1-2H2/t;;;;5*3-,4+. The maximum Gasteiger partial charge on any atom is 0.303 e. The van der Waals surface area contributed by atoms with Crippen LogP contribution in [0.2, 0.25) is 0 Å². The first-order valence-corrected chi connectivity index (χ1v) is 23.4. The quantitative estimate of drug-likeness (QED) is 0.0289. The van der Waals surface area contributed by atoms with Gasteiger partial charge in [-0.05, 0) is 25.7 Å². The summed E-state index contributed by atoms with van der Waals surface area (Å²) in [5, 5.41) is 198. The average Bonchev–Trinajstić information content (AvgIpc) is 3.37. The molecule has 0 aliphatic rings. The highest BCUT2D eigenvalue weighted by Gasteiger charge is 2.15. The molecule has 0 aliphatic heterocycles. The van der Waals surface area contributed by atoms with E-state index in [0.717, 1.165) is 77.0 Å². The second kappa shape index (κ2) is 72.3. The minimum Gasteiger partial charge on any atom is -0.481 e. The van der Waals surface area contributed by atoms with Crippen LogP contribution in [-0.2, 0) is 19.2 Å². The molecule has 0 aromatic heterocycles. The number of carboxylic acid groups (broad SMARTS) is 4. The van der Waals surface area contributed by atoms with Crippen LogP contribution in [0.1, 0.15) is 130 Å². The maximum atomic E-state index is 9.87. The zero-order valence-corrected chi connectivity index (χ0v) is 42.5. The molecule has 0 bridgehead atoms. The van der Waals surface area contributed by atoms with Crippen LogP contribution in [0.4, 0.5) is 0 Å². The van der Waals surface area contributed by atoms with Crippen LogP contribution in [-0.4, -0.2) is 274 Å². The van der Waals surface area contributed by atoms with Crippen LogP contribution >= 0.6 is 0 Å². The van der Waals surface area contributed by atoms with Gasteiger partial charge in [0.2, 0.25) is 0 Å². The molecule has 0 unspecified atom stereocenters. The van der Waals surface area contributed by atoms with Crippen LogP contribution in [0, 0.1) is 0 Å². The molecule has 72 heavy (non-hydrogen) atoms. The molecule has 0 fully saturated rings. The third-order valence-electron chi connectivity index (χ3n) is 8.07. The van der Waals surface area contributed by atoms with Crippen molar-refractivity contribution in [3.05, 3.63) is 0 Å². The largest absolute Gasteiger partial charge is 0.481 e. The third kappa shape index (κ3) is 89.9. The Balaban J connectivity index is -0.0000000886. The Kier molecular flexibility index (Phi) is 89.1. The fourth-order valence-corrected chi connectivity index (χ4v) is 3.32. The molecule has 28 nitrogen and oxygen atoms in total. The van der Waals surface area contributed by atoms with Crippen LogP contribution in [0.3, 0.4) is 0 Å². The molecule has 0 saturated carbocycles. The van der Waals surface area contributed by atoms with E-state index in [4.69, 9.17) is 123 Å². The van der Waals surface area contributed by atoms with E-state index in [1.165, 1.54) is 0 Å². The van der Waals surface area contributed by atoms with Gasteiger partial charge in [-0.2, -0.15) is 0 Å². The summed E-state index contributed by atoms with van der Waals surface area (Å²) in [6.45, 7) is 2.97. The van der Waals surface area contributed by atoms with Crippen molar-refractivity contribution in [3.8, 4) is 0 Å². The summed E-state index contributed by atoms with van der Waals surface area (Å²) >= 11 is 0. The van der Waals surface area contributed by atoms with Gasteiger partial charge in [-0.15, -0.1) is 0 Å². The van der Waals surface area contributed by atoms with Crippen molar-refractivity contribution in [1.82, 2.24) is 0 Å². The summed E-state index contributed by atoms with van der Waals surface area (Å²) in [7, 11) is 0. The molecule has 442 valence electrons. The van der Waals surface area contributed by atoms with Crippen LogP contribution in [0.25, 0.3) is 0 Å². The normalized spacial score (nSPS) is 14.1. The van der Waals surface area contributed by atoms with Crippen molar-refractivity contribution in [2.75, 3.05) is 66.1 Å². The Bertz CT molecular complexity index is 852. The van der Waals surface area contributed by atoms with Gasteiger partial charge in [-0.1, -0.05) is 79.1 Å². The minimum atomic E-state index is -1.22. The molecule has 0 rings (SSSR count). The second-order valence-electron chi connectivity index (χ2n) is 14.9. The average molecular weight is 1080 g/mol. The van der Waals surface area contributed by atoms with E-state index < -0.39 is 151 Å². The Hall–Kier alpha value is -2.92. The summed E-state index contributed by atoms with van der Waals surface area (Å²) in [6, 6.07) is 0. The monoisotopic (exact) mass is 1070 g/mol. The van der Waals surface area contributed by atoms with Crippen molar-refractivity contribution < 1.29 is 142 Å². The van der Waals surface area contributed by atoms with Gasteiger partial charge >= 0.3 is 23.9 Å². The first-order valence-electron chi connectivity index (χ1n) is 23.4. The summed E-state index contributed by atoms with van der Waals surface area (Å²) in [4.78, 5) is 39.5. The molecule has 0 saturated heterocycles. The molecule has 0 spiro atoms. The highest BCUT2D eigenvalue weighted by molar-refractivity contribution is 5.67. The van der Waals surface area contributed by atoms with E-state index in [9.17, 15) is 19.2 Å². The van der Waals surface area contributed by atoms with Crippen molar-refractivity contribution in [2.24, 2.45) is 0 Å². The SMILES string of the molecule is CCCCCC(=O)O.CCCCCC(=O)O.CCCCCC(=O)O.CCCCCC(=O)O.OC[C@@H](O)[C@@H](O)CO.OC[C@@H](O)[C@@H](O)CO.OC[C@@H](O)[C@@H](O)CO.OC[C@@H](O)[C@@H](O)CO.OC[C@@H](O)[C@@H](O)CO. The summed E-state index contributed by atoms with van der Waals surface area (Å²) in [5.74, 6) is -2.73.